The van der Waals surface area contributed by atoms with Crippen molar-refractivity contribution in [3.8, 4) is 28.4 Å². The van der Waals surface area contributed by atoms with Crippen LogP contribution in [0, 0.1) is 6.92 Å². The van der Waals surface area contributed by atoms with Gasteiger partial charge in [-0.05, 0) is 41.8 Å². The minimum atomic E-state index is -0.388. The molecule has 0 unspecified atom stereocenters. The molecule has 5 aromatic rings. The second kappa shape index (κ2) is 13.1. The lowest BCUT2D eigenvalue weighted by Gasteiger charge is -2.36. The van der Waals surface area contributed by atoms with E-state index in [9.17, 15) is 9.59 Å². The van der Waals surface area contributed by atoms with E-state index in [-0.39, 0.29) is 17.7 Å². The van der Waals surface area contributed by atoms with Gasteiger partial charge in [-0.25, -0.2) is 0 Å². The van der Waals surface area contributed by atoms with Gasteiger partial charge in [-0.2, -0.15) is 0 Å². The Kier molecular flexibility index (Phi) is 8.69. The van der Waals surface area contributed by atoms with Crippen LogP contribution in [0.5, 0.6) is 11.5 Å². The monoisotopic (exact) mass is 599 g/mol. The van der Waals surface area contributed by atoms with Gasteiger partial charge in [0.25, 0.3) is 5.91 Å². The van der Waals surface area contributed by atoms with Crippen LogP contribution in [0.25, 0.3) is 16.9 Å². The fourth-order valence-corrected chi connectivity index (χ4v) is 6.19. The first kappa shape index (κ1) is 29.8. The fourth-order valence-electron chi connectivity index (χ4n) is 6.19. The summed E-state index contributed by atoms with van der Waals surface area (Å²) in [4.78, 5) is 31.8. The van der Waals surface area contributed by atoms with E-state index in [2.05, 4.69) is 4.57 Å². The maximum atomic E-state index is 14.1. The molecule has 1 aliphatic rings. The maximum Gasteiger partial charge on any atom is 0.255 e. The number of piperazine rings is 1. The molecule has 7 nitrogen and oxygen atoms in total. The van der Waals surface area contributed by atoms with Crippen LogP contribution in [-0.2, 0) is 4.79 Å². The van der Waals surface area contributed by atoms with Crippen molar-refractivity contribution in [2.45, 2.75) is 12.8 Å². The maximum absolute atomic E-state index is 14.1. The number of methoxy groups -OCH3 is 2. The Morgan fingerprint density at radius 2 is 1.18 bits per heavy atom. The second-order valence-electron chi connectivity index (χ2n) is 11.1. The Morgan fingerprint density at radius 1 is 0.644 bits per heavy atom. The second-order valence-corrected chi connectivity index (χ2v) is 11.1. The number of nitrogens with zero attached hydrogens (tertiary/aromatic N) is 3. The minimum Gasteiger partial charge on any atom is -0.493 e. The summed E-state index contributed by atoms with van der Waals surface area (Å²) in [5.41, 5.74) is 6.17. The van der Waals surface area contributed by atoms with Crippen LogP contribution < -0.4 is 9.47 Å². The lowest BCUT2D eigenvalue weighted by atomic mass is 9.90. The van der Waals surface area contributed by atoms with Crippen molar-refractivity contribution in [3.63, 3.8) is 0 Å². The zero-order chi connectivity index (χ0) is 31.3. The number of amides is 2. The number of rotatable bonds is 8. The summed E-state index contributed by atoms with van der Waals surface area (Å²) in [7, 11) is 3.23. The van der Waals surface area contributed by atoms with Crippen LogP contribution in [0.1, 0.15) is 33.1 Å². The highest BCUT2D eigenvalue weighted by atomic mass is 16.5. The predicted octanol–water partition coefficient (Wildman–Crippen LogP) is 6.59. The quantitative estimate of drug-likeness (QED) is 0.202. The van der Waals surface area contributed by atoms with Gasteiger partial charge in [-0.3, -0.25) is 9.59 Å². The Hall–Kier alpha value is -5.30. The van der Waals surface area contributed by atoms with E-state index in [0.29, 0.717) is 43.2 Å². The molecule has 228 valence electrons. The Bertz CT molecular complexity index is 1740. The van der Waals surface area contributed by atoms with Gasteiger partial charge >= 0.3 is 0 Å². The molecule has 45 heavy (non-hydrogen) atoms. The van der Waals surface area contributed by atoms with Gasteiger partial charge in [0.15, 0.2) is 11.5 Å². The lowest BCUT2D eigenvalue weighted by Crippen LogP contribution is -2.51. The number of hydrogen-bond acceptors (Lipinski definition) is 4. The van der Waals surface area contributed by atoms with Crippen molar-refractivity contribution in [1.82, 2.24) is 14.4 Å². The molecule has 1 saturated heterocycles. The molecule has 1 fully saturated rings. The van der Waals surface area contributed by atoms with Crippen molar-refractivity contribution in [3.05, 3.63) is 138 Å². The summed E-state index contributed by atoms with van der Waals surface area (Å²) >= 11 is 0. The topological polar surface area (TPSA) is 64.0 Å². The van der Waals surface area contributed by atoms with Crippen LogP contribution in [0.4, 0.5) is 0 Å². The smallest absolute Gasteiger partial charge is 0.255 e. The minimum absolute atomic E-state index is 0.0429. The molecule has 2 heterocycles. The number of carbonyl (C=O) groups excluding carboxylic acids is 2. The van der Waals surface area contributed by atoms with Crippen LogP contribution in [0.15, 0.2) is 115 Å². The van der Waals surface area contributed by atoms with Crippen LogP contribution in [0.3, 0.4) is 0 Å². The van der Waals surface area contributed by atoms with Crippen molar-refractivity contribution >= 4 is 11.8 Å². The molecule has 2 amide bonds. The van der Waals surface area contributed by atoms with E-state index >= 15 is 0 Å². The van der Waals surface area contributed by atoms with Crippen LogP contribution >= 0.6 is 0 Å². The SMILES string of the molecule is COc1ccc(-n2c(-c3ccccc3)cc(C(=O)N3CCN(C(=O)C(c4ccccc4)c4ccccc4)CC3)c2C)cc1OC. The summed E-state index contributed by atoms with van der Waals surface area (Å²) in [5, 5.41) is 0. The highest BCUT2D eigenvalue weighted by Gasteiger charge is 2.32. The van der Waals surface area contributed by atoms with E-state index < -0.39 is 0 Å². The average molecular weight is 600 g/mol. The number of ether oxygens (including phenoxy) is 2. The Labute approximate surface area is 264 Å². The Balaban J connectivity index is 1.27. The van der Waals surface area contributed by atoms with Gasteiger partial charge in [0.2, 0.25) is 5.91 Å². The van der Waals surface area contributed by atoms with Crippen molar-refractivity contribution in [2.75, 3.05) is 40.4 Å². The van der Waals surface area contributed by atoms with Gasteiger partial charge in [0.05, 0.1) is 31.4 Å². The van der Waals surface area contributed by atoms with Gasteiger partial charge < -0.3 is 23.8 Å². The average Bonchev–Trinajstić information content (AvgIpc) is 3.45. The number of benzene rings is 4. The molecule has 0 atom stereocenters. The highest BCUT2D eigenvalue weighted by molar-refractivity contribution is 5.97. The Morgan fingerprint density at radius 3 is 1.73 bits per heavy atom. The summed E-state index contributed by atoms with van der Waals surface area (Å²) in [6.45, 7) is 3.84. The van der Waals surface area contributed by atoms with Crippen molar-refractivity contribution < 1.29 is 19.1 Å². The van der Waals surface area contributed by atoms with E-state index in [1.807, 2.05) is 132 Å². The zero-order valence-electron chi connectivity index (χ0n) is 25.9. The van der Waals surface area contributed by atoms with E-state index in [0.717, 1.165) is 33.8 Å². The molecule has 6 rings (SSSR count). The zero-order valence-corrected chi connectivity index (χ0v) is 25.9. The molecule has 1 aliphatic heterocycles. The number of carbonyl (C=O) groups is 2. The molecule has 0 aliphatic carbocycles. The van der Waals surface area contributed by atoms with Gasteiger partial charge in [0.1, 0.15) is 0 Å². The first-order chi connectivity index (χ1) is 22.0. The fraction of sp³-hybridized carbons (Fsp3) is 0.211. The van der Waals surface area contributed by atoms with Gasteiger partial charge in [0, 0.05) is 43.6 Å². The van der Waals surface area contributed by atoms with E-state index in [1.54, 1.807) is 14.2 Å². The summed E-state index contributed by atoms with van der Waals surface area (Å²) < 4.78 is 13.1. The lowest BCUT2D eigenvalue weighted by molar-refractivity contribution is -0.133. The van der Waals surface area contributed by atoms with Crippen molar-refractivity contribution in [2.24, 2.45) is 0 Å². The molecule has 0 radical (unpaired) electrons. The highest BCUT2D eigenvalue weighted by Crippen LogP contribution is 2.35. The number of hydrogen-bond donors (Lipinski definition) is 0. The first-order valence-electron chi connectivity index (χ1n) is 15.2. The molecular formula is C38H37N3O4. The third-order valence-electron chi connectivity index (χ3n) is 8.56. The van der Waals surface area contributed by atoms with Crippen LogP contribution in [-0.4, -0.2) is 66.6 Å². The molecule has 0 N–H and O–H groups in total. The van der Waals surface area contributed by atoms with E-state index in [4.69, 9.17) is 9.47 Å². The molecule has 1 aromatic heterocycles. The van der Waals surface area contributed by atoms with Crippen LogP contribution in [0.2, 0.25) is 0 Å². The van der Waals surface area contributed by atoms with Gasteiger partial charge in [-0.15, -0.1) is 0 Å². The third kappa shape index (κ3) is 5.94. The largest absolute Gasteiger partial charge is 0.493 e. The summed E-state index contributed by atoms with van der Waals surface area (Å²) in [6.07, 6.45) is 0. The normalized spacial score (nSPS) is 13.2. The molecule has 0 bridgehead atoms. The third-order valence-corrected chi connectivity index (χ3v) is 8.56. The summed E-state index contributed by atoms with van der Waals surface area (Å²) in [5.74, 6) is 0.874. The summed E-state index contributed by atoms with van der Waals surface area (Å²) in [6, 6.07) is 37.6. The standard InChI is InChI=1S/C38H37N3O4/c1-27-32(26-33(28-13-7-4-8-14-28)41(27)31-19-20-34(44-2)35(25-31)45-3)37(42)39-21-23-40(24-22-39)38(43)36(29-15-9-5-10-16-29)30-17-11-6-12-18-30/h4-20,25-26,36H,21-24H2,1-3H3. The number of aromatic nitrogens is 1. The molecule has 4 aromatic carbocycles. The predicted molar refractivity (Wildman–Crippen MR) is 176 cm³/mol. The van der Waals surface area contributed by atoms with Gasteiger partial charge in [-0.1, -0.05) is 91.0 Å². The van der Waals surface area contributed by atoms with E-state index in [1.165, 1.54) is 0 Å². The first-order valence-corrected chi connectivity index (χ1v) is 15.2. The molecule has 0 saturated carbocycles. The molecule has 0 spiro atoms. The molecule has 7 heteroatoms. The molecular weight excluding hydrogens is 562 g/mol. The van der Waals surface area contributed by atoms with Crippen molar-refractivity contribution in [1.29, 1.82) is 0 Å².